The number of rotatable bonds is 5. The minimum Gasteiger partial charge on any atom is -0.378 e. The van der Waals surface area contributed by atoms with Crippen LogP contribution >= 0.6 is 0 Å². The van der Waals surface area contributed by atoms with Gasteiger partial charge < -0.3 is 10.1 Å². The van der Waals surface area contributed by atoms with E-state index in [1.807, 2.05) is 0 Å². The molecule has 0 amide bonds. The van der Waals surface area contributed by atoms with Gasteiger partial charge in [-0.3, -0.25) is 0 Å². The lowest BCUT2D eigenvalue weighted by molar-refractivity contribution is -0.130. The third kappa shape index (κ3) is 2.42. The molecule has 4 nitrogen and oxygen atoms in total. The molecule has 1 aliphatic heterocycles. The summed E-state index contributed by atoms with van der Waals surface area (Å²) in [5.41, 5.74) is 0.304. The molecule has 0 radical (unpaired) electrons. The van der Waals surface area contributed by atoms with E-state index in [2.05, 4.69) is 12.2 Å². The van der Waals surface area contributed by atoms with E-state index in [0.29, 0.717) is 29.9 Å². The zero-order chi connectivity index (χ0) is 14.2. The molecule has 5 heteroatoms. The Bertz CT molecular complexity index is 442. The summed E-state index contributed by atoms with van der Waals surface area (Å²) < 4.78 is 29.7. The van der Waals surface area contributed by atoms with Gasteiger partial charge >= 0.3 is 0 Å². The maximum absolute atomic E-state index is 11.9. The van der Waals surface area contributed by atoms with E-state index in [9.17, 15) is 8.42 Å². The lowest BCUT2D eigenvalue weighted by Gasteiger charge is -2.54. The molecule has 1 heterocycles. The highest BCUT2D eigenvalue weighted by atomic mass is 32.2. The molecule has 3 fully saturated rings. The van der Waals surface area contributed by atoms with Gasteiger partial charge in [0.2, 0.25) is 0 Å². The predicted molar refractivity (Wildman–Crippen MR) is 79.5 cm³/mol. The van der Waals surface area contributed by atoms with Crippen molar-refractivity contribution in [3.8, 4) is 0 Å². The Morgan fingerprint density at radius 3 is 2.60 bits per heavy atom. The highest BCUT2D eigenvalue weighted by Gasteiger charge is 2.56. The van der Waals surface area contributed by atoms with Gasteiger partial charge in [-0.05, 0) is 39.0 Å². The summed E-state index contributed by atoms with van der Waals surface area (Å²) in [5.74, 6) is 0.386. The Labute approximate surface area is 122 Å². The van der Waals surface area contributed by atoms with Gasteiger partial charge in [0.25, 0.3) is 0 Å². The fourth-order valence-electron chi connectivity index (χ4n) is 4.53. The second-order valence-corrected chi connectivity index (χ2v) is 9.11. The van der Waals surface area contributed by atoms with Crippen LogP contribution in [0.5, 0.6) is 0 Å². The lowest BCUT2D eigenvalue weighted by atomic mass is 9.60. The van der Waals surface area contributed by atoms with Gasteiger partial charge in [0.05, 0.1) is 17.1 Å². The second kappa shape index (κ2) is 5.58. The molecule has 1 N–H and O–H groups in total. The first kappa shape index (κ1) is 14.8. The number of sulfone groups is 1. The van der Waals surface area contributed by atoms with Gasteiger partial charge in [-0.25, -0.2) is 8.42 Å². The van der Waals surface area contributed by atoms with Crippen LogP contribution < -0.4 is 5.32 Å². The maximum atomic E-state index is 11.9. The zero-order valence-electron chi connectivity index (χ0n) is 12.4. The maximum Gasteiger partial charge on any atom is 0.154 e. The number of hydrogen-bond donors (Lipinski definition) is 1. The molecule has 0 aromatic rings. The number of ether oxygens (including phenoxy) is 1. The Morgan fingerprint density at radius 2 is 2.00 bits per heavy atom. The van der Waals surface area contributed by atoms with Crippen molar-refractivity contribution in [3.05, 3.63) is 0 Å². The molecule has 0 aromatic heterocycles. The van der Waals surface area contributed by atoms with Crippen LogP contribution in [0.2, 0.25) is 0 Å². The van der Waals surface area contributed by atoms with Crippen LogP contribution in [0.25, 0.3) is 0 Å². The van der Waals surface area contributed by atoms with Crippen molar-refractivity contribution in [2.24, 2.45) is 5.41 Å². The molecule has 3 rings (SSSR count). The van der Waals surface area contributed by atoms with Crippen molar-refractivity contribution >= 4 is 9.84 Å². The van der Waals surface area contributed by atoms with Crippen LogP contribution in [-0.4, -0.2) is 44.7 Å². The molecule has 2 saturated carbocycles. The molecule has 3 aliphatic rings. The number of nitrogens with one attached hydrogen (secondary N) is 1. The summed E-state index contributed by atoms with van der Waals surface area (Å²) in [7, 11) is -2.82. The minimum atomic E-state index is -2.82. The topological polar surface area (TPSA) is 55.4 Å². The molecule has 3 unspecified atom stereocenters. The molecule has 3 atom stereocenters. The third-order valence-corrected chi connectivity index (χ3v) is 8.02. The summed E-state index contributed by atoms with van der Waals surface area (Å²) in [6.45, 7) is 3.50. The van der Waals surface area contributed by atoms with Crippen LogP contribution in [0.4, 0.5) is 0 Å². The van der Waals surface area contributed by atoms with E-state index in [1.165, 1.54) is 25.7 Å². The summed E-state index contributed by atoms with van der Waals surface area (Å²) >= 11 is 0. The minimum absolute atomic E-state index is 0.146. The van der Waals surface area contributed by atoms with Gasteiger partial charge in [-0.1, -0.05) is 12.8 Å². The quantitative estimate of drug-likeness (QED) is 0.842. The Balaban J connectivity index is 1.58. The monoisotopic (exact) mass is 301 g/mol. The van der Waals surface area contributed by atoms with E-state index < -0.39 is 9.84 Å². The average molecular weight is 301 g/mol. The van der Waals surface area contributed by atoms with Crippen molar-refractivity contribution in [1.82, 2.24) is 5.32 Å². The normalized spacial score (nSPS) is 38.1. The van der Waals surface area contributed by atoms with Gasteiger partial charge in [0.15, 0.2) is 9.84 Å². The van der Waals surface area contributed by atoms with Crippen LogP contribution in [0.15, 0.2) is 0 Å². The highest BCUT2D eigenvalue weighted by molar-refractivity contribution is 7.92. The largest absolute Gasteiger partial charge is 0.378 e. The van der Waals surface area contributed by atoms with Gasteiger partial charge in [0.1, 0.15) is 0 Å². The van der Waals surface area contributed by atoms with Gasteiger partial charge in [-0.15, -0.1) is 0 Å². The number of hydrogen-bond acceptors (Lipinski definition) is 4. The SMILES string of the molecule is CCOC1CC(NCC2CCCS2(=O)=O)C12CCCC2. The first-order valence-corrected chi connectivity index (χ1v) is 9.86. The lowest BCUT2D eigenvalue weighted by Crippen LogP contribution is -2.63. The molecule has 0 aromatic carbocycles. The van der Waals surface area contributed by atoms with Crippen LogP contribution in [0.3, 0.4) is 0 Å². The van der Waals surface area contributed by atoms with Crippen molar-refractivity contribution in [3.63, 3.8) is 0 Å². The fraction of sp³-hybridized carbons (Fsp3) is 1.00. The Hall–Kier alpha value is -0.130. The first-order valence-electron chi connectivity index (χ1n) is 8.15. The van der Waals surface area contributed by atoms with Crippen molar-refractivity contribution in [1.29, 1.82) is 0 Å². The Morgan fingerprint density at radius 1 is 1.25 bits per heavy atom. The smallest absolute Gasteiger partial charge is 0.154 e. The van der Waals surface area contributed by atoms with E-state index in [4.69, 9.17) is 4.74 Å². The van der Waals surface area contributed by atoms with Crippen LogP contribution in [0.1, 0.15) is 51.9 Å². The summed E-state index contributed by atoms with van der Waals surface area (Å²) in [4.78, 5) is 0. The fourth-order valence-corrected chi connectivity index (χ4v) is 6.31. The summed E-state index contributed by atoms with van der Waals surface area (Å²) in [6.07, 6.45) is 8.20. The summed E-state index contributed by atoms with van der Waals surface area (Å²) in [6, 6.07) is 0.470. The van der Waals surface area contributed by atoms with Gasteiger partial charge in [-0.2, -0.15) is 0 Å². The van der Waals surface area contributed by atoms with E-state index in [-0.39, 0.29) is 5.25 Å². The molecule has 116 valence electrons. The van der Waals surface area contributed by atoms with Crippen molar-refractivity contribution < 1.29 is 13.2 Å². The molecule has 2 aliphatic carbocycles. The van der Waals surface area contributed by atoms with E-state index >= 15 is 0 Å². The average Bonchev–Trinajstić information content (AvgIpc) is 3.01. The van der Waals surface area contributed by atoms with Crippen LogP contribution in [0, 0.1) is 5.41 Å². The zero-order valence-corrected chi connectivity index (χ0v) is 13.3. The molecule has 0 bridgehead atoms. The molecule has 20 heavy (non-hydrogen) atoms. The molecule has 1 spiro atoms. The van der Waals surface area contributed by atoms with Crippen LogP contribution in [-0.2, 0) is 14.6 Å². The molecular weight excluding hydrogens is 274 g/mol. The van der Waals surface area contributed by atoms with Gasteiger partial charge in [0, 0.05) is 24.6 Å². The summed E-state index contributed by atoms with van der Waals surface area (Å²) in [5, 5.41) is 3.43. The molecule has 1 saturated heterocycles. The third-order valence-electron chi connectivity index (χ3n) is 5.74. The highest BCUT2D eigenvalue weighted by Crippen LogP contribution is 2.54. The van der Waals surface area contributed by atoms with E-state index in [1.54, 1.807) is 0 Å². The predicted octanol–water partition coefficient (Wildman–Crippen LogP) is 1.89. The first-order chi connectivity index (χ1) is 9.58. The Kier molecular flexibility index (Phi) is 4.13. The van der Waals surface area contributed by atoms with Crippen molar-refractivity contribution in [2.45, 2.75) is 69.3 Å². The standard InChI is InChI=1S/C15H27NO3S/c1-2-19-14-10-13(15(14)7-3-4-8-15)16-11-12-6-5-9-20(12,17)18/h12-14,16H,2-11H2,1H3. The van der Waals surface area contributed by atoms with E-state index in [0.717, 1.165) is 25.9 Å². The van der Waals surface area contributed by atoms with Crippen molar-refractivity contribution in [2.75, 3.05) is 18.9 Å². The second-order valence-electron chi connectivity index (χ2n) is 6.71. The molecular formula is C15H27NO3S.